The molecule has 1 aromatic heterocycles. The van der Waals surface area contributed by atoms with Gasteiger partial charge in [-0.3, -0.25) is 9.59 Å². The number of H-pyrrole nitrogens is 1. The Morgan fingerprint density at radius 2 is 2.20 bits per heavy atom. The van der Waals surface area contributed by atoms with E-state index in [1.165, 1.54) is 12.4 Å². The molecule has 1 aliphatic heterocycles. The molecule has 0 bridgehead atoms. The molecule has 1 saturated heterocycles. The number of nitrogens with one attached hydrogen (secondary N) is 1. The number of ether oxygens (including phenoxy) is 1. The second-order valence-electron chi connectivity index (χ2n) is 7.35. The zero-order valence-electron chi connectivity index (χ0n) is 14.6. The van der Waals surface area contributed by atoms with Crippen LogP contribution in [0.5, 0.6) is 0 Å². The van der Waals surface area contributed by atoms with Gasteiger partial charge in [0, 0.05) is 30.8 Å². The van der Waals surface area contributed by atoms with Crippen LogP contribution >= 0.6 is 0 Å². The lowest BCUT2D eigenvalue weighted by molar-refractivity contribution is -0.138. The Balaban J connectivity index is 1.60. The number of carbonyl (C=O) groups excluding carboxylic acids is 1. The Morgan fingerprint density at radius 1 is 1.40 bits per heavy atom. The van der Waals surface area contributed by atoms with Crippen LogP contribution in [-0.2, 0) is 16.0 Å². The van der Waals surface area contributed by atoms with E-state index in [4.69, 9.17) is 4.74 Å². The normalized spacial score (nSPS) is 23.9. The first-order valence-electron chi connectivity index (χ1n) is 9.16. The van der Waals surface area contributed by atoms with Crippen molar-refractivity contribution in [2.75, 3.05) is 26.3 Å². The molecule has 1 saturated carbocycles. The van der Waals surface area contributed by atoms with Crippen LogP contribution in [0.4, 0.5) is 0 Å². The second-order valence-corrected chi connectivity index (χ2v) is 7.35. The summed E-state index contributed by atoms with van der Waals surface area (Å²) < 4.78 is 5.63. The van der Waals surface area contributed by atoms with Crippen molar-refractivity contribution >= 4 is 5.91 Å². The van der Waals surface area contributed by atoms with E-state index >= 15 is 0 Å². The van der Waals surface area contributed by atoms with E-state index in [2.05, 4.69) is 9.97 Å². The molecule has 25 heavy (non-hydrogen) atoms. The van der Waals surface area contributed by atoms with Gasteiger partial charge >= 0.3 is 0 Å². The number of aromatic amines is 1. The Morgan fingerprint density at radius 3 is 2.96 bits per heavy atom. The van der Waals surface area contributed by atoms with Crippen LogP contribution < -0.4 is 5.56 Å². The Kier molecular flexibility index (Phi) is 5.86. The Bertz CT molecular complexity index is 639. The van der Waals surface area contributed by atoms with Gasteiger partial charge in [0.1, 0.15) is 0 Å². The van der Waals surface area contributed by atoms with Crippen molar-refractivity contribution in [3.8, 4) is 0 Å². The minimum atomic E-state index is -0.841. The fourth-order valence-electron chi connectivity index (χ4n) is 3.83. The zero-order valence-corrected chi connectivity index (χ0v) is 14.6. The molecule has 138 valence electrons. The molecule has 0 spiro atoms. The standard InChI is InChI=1S/C18H27N3O4/c22-16-9-15(19-13-20-16)8-14-11-21(6-7-25-12-14)17(23)10-18(24)4-2-1-3-5-18/h9,13-14,24H,1-8,10-12H2,(H,19,20,22)/t14-/m1/s1. The van der Waals surface area contributed by atoms with Crippen molar-refractivity contribution in [3.05, 3.63) is 28.4 Å². The number of rotatable bonds is 4. The first-order chi connectivity index (χ1) is 12.0. The Labute approximate surface area is 147 Å². The fraction of sp³-hybridized carbons (Fsp3) is 0.722. The predicted octanol–water partition coefficient (Wildman–Crippen LogP) is 0.873. The maximum absolute atomic E-state index is 12.7. The van der Waals surface area contributed by atoms with Gasteiger partial charge in [0.05, 0.1) is 31.6 Å². The van der Waals surface area contributed by atoms with Gasteiger partial charge in [-0.15, -0.1) is 0 Å². The molecule has 0 radical (unpaired) electrons. The lowest BCUT2D eigenvalue weighted by Gasteiger charge is -2.34. The van der Waals surface area contributed by atoms with Gasteiger partial charge < -0.3 is 19.7 Å². The van der Waals surface area contributed by atoms with Crippen LogP contribution in [0, 0.1) is 5.92 Å². The van der Waals surface area contributed by atoms with E-state index in [9.17, 15) is 14.7 Å². The second kappa shape index (κ2) is 8.10. The topological polar surface area (TPSA) is 95.5 Å². The third kappa shape index (κ3) is 5.12. The summed E-state index contributed by atoms with van der Waals surface area (Å²) in [5.41, 5.74) is -0.309. The van der Waals surface area contributed by atoms with Crippen LogP contribution in [0.15, 0.2) is 17.2 Å². The molecule has 1 aliphatic carbocycles. The van der Waals surface area contributed by atoms with Gasteiger partial charge in [-0.1, -0.05) is 19.3 Å². The molecule has 2 fully saturated rings. The van der Waals surface area contributed by atoms with Gasteiger partial charge in [-0.05, 0) is 19.3 Å². The predicted molar refractivity (Wildman–Crippen MR) is 92.1 cm³/mol. The molecule has 2 aliphatic rings. The van der Waals surface area contributed by atoms with Gasteiger partial charge in [0.2, 0.25) is 5.91 Å². The largest absolute Gasteiger partial charge is 0.389 e. The maximum atomic E-state index is 12.7. The summed E-state index contributed by atoms with van der Waals surface area (Å²) in [6.07, 6.45) is 6.73. The highest BCUT2D eigenvalue weighted by Gasteiger charge is 2.34. The first-order valence-corrected chi connectivity index (χ1v) is 9.16. The summed E-state index contributed by atoms with van der Waals surface area (Å²) in [4.78, 5) is 32.6. The first kappa shape index (κ1) is 18.1. The van der Waals surface area contributed by atoms with E-state index in [0.29, 0.717) is 51.3 Å². The third-order valence-corrected chi connectivity index (χ3v) is 5.19. The van der Waals surface area contributed by atoms with Crippen LogP contribution in [0.3, 0.4) is 0 Å². The number of nitrogens with zero attached hydrogens (tertiary/aromatic N) is 2. The minimum absolute atomic E-state index is 0.00114. The molecule has 2 heterocycles. The van der Waals surface area contributed by atoms with Gasteiger partial charge in [-0.25, -0.2) is 4.98 Å². The quantitative estimate of drug-likeness (QED) is 0.841. The monoisotopic (exact) mass is 349 g/mol. The fourth-order valence-corrected chi connectivity index (χ4v) is 3.83. The average molecular weight is 349 g/mol. The maximum Gasteiger partial charge on any atom is 0.250 e. The lowest BCUT2D eigenvalue weighted by atomic mass is 9.82. The van der Waals surface area contributed by atoms with E-state index in [1.54, 1.807) is 4.90 Å². The smallest absolute Gasteiger partial charge is 0.250 e. The van der Waals surface area contributed by atoms with Gasteiger partial charge in [0.15, 0.2) is 0 Å². The Hall–Kier alpha value is -1.73. The number of hydrogen-bond donors (Lipinski definition) is 2. The lowest BCUT2D eigenvalue weighted by Crippen LogP contribution is -2.42. The van der Waals surface area contributed by atoms with Crippen molar-refractivity contribution in [3.63, 3.8) is 0 Å². The van der Waals surface area contributed by atoms with Crippen molar-refractivity contribution in [2.45, 2.75) is 50.5 Å². The summed E-state index contributed by atoms with van der Waals surface area (Å²) in [5.74, 6) is 0.0977. The van der Waals surface area contributed by atoms with E-state index in [1.807, 2.05) is 0 Å². The highest BCUT2D eigenvalue weighted by molar-refractivity contribution is 5.77. The molecule has 0 aromatic carbocycles. The number of aliphatic hydroxyl groups is 1. The zero-order chi connectivity index (χ0) is 17.7. The summed E-state index contributed by atoms with van der Waals surface area (Å²) >= 11 is 0. The molecule has 7 nitrogen and oxygen atoms in total. The van der Waals surface area contributed by atoms with E-state index in [-0.39, 0.29) is 23.8 Å². The molecule has 1 amide bonds. The van der Waals surface area contributed by atoms with Crippen LogP contribution in [0.1, 0.15) is 44.2 Å². The molecule has 7 heteroatoms. The van der Waals surface area contributed by atoms with Crippen molar-refractivity contribution < 1.29 is 14.6 Å². The molecular formula is C18H27N3O4. The molecule has 0 unspecified atom stereocenters. The van der Waals surface area contributed by atoms with Crippen molar-refractivity contribution in [1.29, 1.82) is 0 Å². The number of carbonyl (C=O) groups is 1. The molecular weight excluding hydrogens is 322 g/mol. The SMILES string of the molecule is O=C(CC1(O)CCCCC1)N1CCOC[C@H](Cc2cc(=O)[nH]cn2)C1. The highest BCUT2D eigenvalue weighted by atomic mass is 16.5. The number of aromatic nitrogens is 2. The van der Waals surface area contributed by atoms with Gasteiger partial charge in [-0.2, -0.15) is 0 Å². The highest BCUT2D eigenvalue weighted by Crippen LogP contribution is 2.31. The average Bonchev–Trinajstić information content (AvgIpc) is 2.81. The van der Waals surface area contributed by atoms with E-state index in [0.717, 1.165) is 19.3 Å². The molecule has 1 aromatic rings. The van der Waals surface area contributed by atoms with Crippen LogP contribution in [-0.4, -0.2) is 57.8 Å². The van der Waals surface area contributed by atoms with Crippen molar-refractivity contribution in [1.82, 2.24) is 14.9 Å². The number of hydrogen-bond acceptors (Lipinski definition) is 5. The number of amides is 1. The van der Waals surface area contributed by atoms with Gasteiger partial charge in [0.25, 0.3) is 5.56 Å². The molecule has 1 atom stereocenters. The third-order valence-electron chi connectivity index (χ3n) is 5.19. The van der Waals surface area contributed by atoms with Crippen LogP contribution in [0.25, 0.3) is 0 Å². The molecule has 3 rings (SSSR count). The van der Waals surface area contributed by atoms with Crippen LogP contribution in [0.2, 0.25) is 0 Å². The van der Waals surface area contributed by atoms with Crippen molar-refractivity contribution in [2.24, 2.45) is 5.92 Å². The summed E-state index contributed by atoms with van der Waals surface area (Å²) in [5, 5.41) is 10.6. The molecule has 2 N–H and O–H groups in total. The minimum Gasteiger partial charge on any atom is -0.389 e. The summed E-state index contributed by atoms with van der Waals surface area (Å²) in [7, 11) is 0. The van der Waals surface area contributed by atoms with E-state index < -0.39 is 5.60 Å². The summed E-state index contributed by atoms with van der Waals surface area (Å²) in [6, 6.07) is 1.49. The summed E-state index contributed by atoms with van der Waals surface area (Å²) in [6.45, 7) is 2.17.